The van der Waals surface area contributed by atoms with E-state index in [1.54, 1.807) is 49.4 Å². The van der Waals surface area contributed by atoms with Crippen molar-refractivity contribution in [2.45, 2.75) is 37.8 Å². The molecule has 1 N–H and O–H groups in total. The van der Waals surface area contributed by atoms with Crippen LogP contribution in [-0.2, 0) is 32.6 Å². The molecule has 0 heterocycles. The Labute approximate surface area is 273 Å². The zero-order valence-electron chi connectivity index (χ0n) is 24.2. The normalized spacial score (nSPS) is 11.9. The Bertz CT molecular complexity index is 1700. The van der Waals surface area contributed by atoms with E-state index in [1.807, 2.05) is 37.3 Å². The molecular weight excluding hydrogens is 641 g/mol. The summed E-state index contributed by atoms with van der Waals surface area (Å²) in [5.41, 5.74) is 2.58. The molecule has 44 heavy (non-hydrogen) atoms. The fraction of sp³-hybridized carbons (Fsp3) is 0.212. The van der Waals surface area contributed by atoms with Gasteiger partial charge in [0, 0.05) is 24.5 Å². The van der Waals surface area contributed by atoms with Crippen molar-refractivity contribution in [1.29, 1.82) is 0 Å². The van der Waals surface area contributed by atoms with Gasteiger partial charge in [-0.3, -0.25) is 13.9 Å². The zero-order chi connectivity index (χ0) is 31.9. The molecule has 0 aliphatic heterocycles. The molecule has 0 fully saturated rings. The largest absolute Gasteiger partial charge is 0.355 e. The van der Waals surface area contributed by atoms with Gasteiger partial charge in [-0.25, -0.2) is 8.42 Å². The Kier molecular flexibility index (Phi) is 11.3. The number of sulfonamides is 1. The minimum atomic E-state index is -4.21. The Morgan fingerprint density at radius 2 is 1.48 bits per heavy atom. The van der Waals surface area contributed by atoms with Crippen molar-refractivity contribution in [3.63, 3.8) is 0 Å². The summed E-state index contributed by atoms with van der Waals surface area (Å²) in [7, 11) is -4.21. The van der Waals surface area contributed by atoms with Crippen LogP contribution in [0.3, 0.4) is 0 Å². The van der Waals surface area contributed by atoms with Gasteiger partial charge in [-0.1, -0.05) is 88.9 Å². The first-order valence-electron chi connectivity index (χ1n) is 13.9. The summed E-state index contributed by atoms with van der Waals surface area (Å²) < 4.78 is 29.1. The Balaban J connectivity index is 1.80. The van der Waals surface area contributed by atoms with Crippen LogP contribution in [0.15, 0.2) is 102 Å². The van der Waals surface area contributed by atoms with Gasteiger partial charge >= 0.3 is 0 Å². The monoisotopic (exact) mass is 671 g/mol. The molecular formula is C33H32Cl3N3O4S. The number of nitrogens with one attached hydrogen (secondary N) is 1. The van der Waals surface area contributed by atoms with Crippen LogP contribution in [-0.4, -0.2) is 44.3 Å². The van der Waals surface area contributed by atoms with Crippen molar-refractivity contribution in [2.75, 3.05) is 17.4 Å². The van der Waals surface area contributed by atoms with Crippen molar-refractivity contribution in [3.05, 3.63) is 129 Å². The highest BCUT2D eigenvalue weighted by molar-refractivity contribution is 7.92. The number of nitrogens with zero attached hydrogens (tertiary/aromatic N) is 2. The minimum Gasteiger partial charge on any atom is -0.355 e. The molecule has 0 aliphatic carbocycles. The van der Waals surface area contributed by atoms with E-state index in [0.717, 1.165) is 15.4 Å². The summed E-state index contributed by atoms with van der Waals surface area (Å²) in [4.78, 5) is 29.3. The summed E-state index contributed by atoms with van der Waals surface area (Å²) >= 11 is 18.6. The van der Waals surface area contributed by atoms with E-state index in [2.05, 4.69) is 5.32 Å². The summed E-state index contributed by atoms with van der Waals surface area (Å²) in [6, 6.07) is 25.9. The van der Waals surface area contributed by atoms with Crippen LogP contribution >= 0.6 is 34.8 Å². The molecule has 0 spiro atoms. The number of amides is 2. The first-order chi connectivity index (χ1) is 21.0. The van der Waals surface area contributed by atoms with E-state index in [4.69, 9.17) is 34.8 Å². The van der Waals surface area contributed by atoms with Gasteiger partial charge in [0.2, 0.25) is 11.8 Å². The molecule has 2 amide bonds. The van der Waals surface area contributed by atoms with Crippen LogP contribution in [0.2, 0.25) is 15.1 Å². The Morgan fingerprint density at radius 3 is 2.09 bits per heavy atom. The minimum absolute atomic E-state index is 0.0199. The Morgan fingerprint density at radius 1 is 0.818 bits per heavy atom. The number of halogens is 3. The van der Waals surface area contributed by atoms with E-state index in [1.165, 1.54) is 29.2 Å². The van der Waals surface area contributed by atoms with Gasteiger partial charge in [-0.05, 0) is 73.5 Å². The maximum atomic E-state index is 14.4. The maximum Gasteiger partial charge on any atom is 0.264 e. The number of hydrogen-bond donors (Lipinski definition) is 1. The predicted octanol–water partition coefficient (Wildman–Crippen LogP) is 6.93. The number of benzene rings is 4. The van der Waals surface area contributed by atoms with Crippen molar-refractivity contribution in [2.24, 2.45) is 0 Å². The average Bonchev–Trinajstić information content (AvgIpc) is 3.00. The summed E-state index contributed by atoms with van der Waals surface area (Å²) in [5.74, 6) is -0.960. The van der Waals surface area contributed by atoms with Crippen LogP contribution in [0.4, 0.5) is 5.69 Å². The zero-order valence-corrected chi connectivity index (χ0v) is 27.3. The third-order valence-electron chi connectivity index (χ3n) is 6.96. The lowest BCUT2D eigenvalue weighted by Gasteiger charge is -2.34. The fourth-order valence-electron chi connectivity index (χ4n) is 4.65. The molecule has 1 atom stereocenters. The van der Waals surface area contributed by atoms with E-state index >= 15 is 0 Å². The van der Waals surface area contributed by atoms with Crippen LogP contribution in [0.25, 0.3) is 0 Å². The third kappa shape index (κ3) is 8.33. The van der Waals surface area contributed by atoms with Gasteiger partial charge in [0.25, 0.3) is 10.0 Å². The average molecular weight is 673 g/mol. The highest BCUT2D eigenvalue weighted by Gasteiger charge is 2.34. The van der Waals surface area contributed by atoms with Gasteiger partial charge < -0.3 is 10.2 Å². The third-order valence-corrected chi connectivity index (χ3v) is 9.74. The van der Waals surface area contributed by atoms with Gasteiger partial charge in [-0.2, -0.15) is 0 Å². The fourth-order valence-corrected chi connectivity index (χ4v) is 6.52. The lowest BCUT2D eigenvalue weighted by Crippen LogP contribution is -2.53. The standard InChI is InChI=1S/C33H32Cl3N3O4S/c1-3-37-33(41)31(20-24-7-5-4-6-8-24)38(21-25-11-18-29(35)30(36)19-25)32(40)22-39(27-14-12-26(34)13-15-27)44(42,43)28-16-9-23(2)10-17-28/h4-19,31H,3,20-22H2,1-2H3,(H,37,41)/t31-/m1/s1. The van der Waals surface area contributed by atoms with E-state index in [-0.39, 0.29) is 29.5 Å². The lowest BCUT2D eigenvalue weighted by molar-refractivity contribution is -0.140. The lowest BCUT2D eigenvalue weighted by atomic mass is 10.0. The van der Waals surface area contributed by atoms with Crippen LogP contribution in [0.5, 0.6) is 0 Å². The SMILES string of the molecule is CCNC(=O)[C@@H](Cc1ccccc1)N(Cc1ccc(Cl)c(Cl)c1)C(=O)CN(c1ccc(Cl)cc1)S(=O)(=O)c1ccc(C)cc1. The van der Waals surface area contributed by atoms with Gasteiger partial charge in [-0.15, -0.1) is 0 Å². The molecule has 0 aromatic heterocycles. The molecule has 0 saturated carbocycles. The van der Waals surface area contributed by atoms with Crippen molar-refractivity contribution in [1.82, 2.24) is 10.2 Å². The molecule has 4 rings (SSSR count). The number of anilines is 1. The predicted molar refractivity (Wildman–Crippen MR) is 177 cm³/mol. The molecule has 11 heteroatoms. The molecule has 0 aliphatic rings. The second kappa shape index (κ2) is 14.9. The molecule has 230 valence electrons. The number of aryl methyl sites for hydroxylation is 1. The molecule has 0 bridgehead atoms. The van der Waals surface area contributed by atoms with Gasteiger partial charge in [0.15, 0.2) is 0 Å². The first kappa shape index (κ1) is 33.3. The molecule has 0 unspecified atom stereocenters. The second-order valence-electron chi connectivity index (χ2n) is 10.2. The number of hydrogen-bond acceptors (Lipinski definition) is 4. The topological polar surface area (TPSA) is 86.8 Å². The smallest absolute Gasteiger partial charge is 0.264 e. The number of carbonyl (C=O) groups excluding carboxylic acids is 2. The first-order valence-corrected chi connectivity index (χ1v) is 16.5. The van der Waals surface area contributed by atoms with Crippen LogP contribution in [0, 0.1) is 6.92 Å². The highest BCUT2D eigenvalue weighted by Crippen LogP contribution is 2.28. The van der Waals surface area contributed by atoms with Gasteiger partial charge in [0.1, 0.15) is 12.6 Å². The quantitative estimate of drug-likeness (QED) is 0.177. The summed E-state index contributed by atoms with van der Waals surface area (Å²) in [5, 5.41) is 3.88. The molecule has 0 radical (unpaired) electrons. The van der Waals surface area contributed by atoms with E-state index < -0.39 is 28.5 Å². The van der Waals surface area contributed by atoms with Crippen LogP contribution in [0.1, 0.15) is 23.6 Å². The number of carbonyl (C=O) groups is 2. The molecule has 7 nitrogen and oxygen atoms in total. The molecule has 4 aromatic rings. The van der Waals surface area contributed by atoms with Crippen molar-refractivity contribution < 1.29 is 18.0 Å². The molecule has 4 aromatic carbocycles. The van der Waals surface area contributed by atoms with E-state index in [0.29, 0.717) is 27.2 Å². The van der Waals surface area contributed by atoms with Gasteiger partial charge in [0.05, 0.1) is 20.6 Å². The van der Waals surface area contributed by atoms with Crippen molar-refractivity contribution in [3.8, 4) is 0 Å². The van der Waals surface area contributed by atoms with E-state index in [9.17, 15) is 18.0 Å². The summed E-state index contributed by atoms with van der Waals surface area (Å²) in [6.45, 7) is 3.38. The van der Waals surface area contributed by atoms with Crippen LogP contribution < -0.4 is 9.62 Å². The number of rotatable bonds is 12. The number of likely N-dealkylation sites (N-methyl/N-ethyl adjacent to an activating group) is 1. The maximum absolute atomic E-state index is 14.4. The summed E-state index contributed by atoms with van der Waals surface area (Å²) in [6.07, 6.45) is 0.200. The molecule has 0 saturated heterocycles. The van der Waals surface area contributed by atoms with Crippen molar-refractivity contribution >= 4 is 62.3 Å². The highest BCUT2D eigenvalue weighted by atomic mass is 35.5. The Hall–Kier alpha value is -3.56. The second-order valence-corrected chi connectivity index (χ2v) is 13.3.